The van der Waals surface area contributed by atoms with Crippen molar-refractivity contribution in [3.05, 3.63) is 80.8 Å². The lowest BCUT2D eigenvalue weighted by molar-refractivity contribution is -0.132. The van der Waals surface area contributed by atoms with Crippen molar-refractivity contribution < 1.29 is 29.0 Å². The third-order valence-corrected chi connectivity index (χ3v) is 6.71. The average molecular weight is 499 g/mol. The Morgan fingerprint density at radius 2 is 1.85 bits per heavy atom. The average Bonchev–Trinajstić information content (AvgIpc) is 3.35. The molecule has 3 aromatic rings. The predicted octanol–water partition coefficient (Wildman–Crippen LogP) is 4.53. The van der Waals surface area contributed by atoms with E-state index in [9.17, 15) is 19.5 Å². The molecule has 0 unspecified atom stereocenters. The van der Waals surface area contributed by atoms with Gasteiger partial charge in [-0.15, -0.1) is 0 Å². The monoisotopic (exact) mass is 498 g/mol. The Kier molecular flexibility index (Phi) is 6.41. The molecule has 1 aromatic heterocycles. The quantitative estimate of drug-likeness (QED) is 0.238. The van der Waals surface area contributed by atoms with Gasteiger partial charge in [0.2, 0.25) is 0 Å². The molecule has 2 aromatic carbocycles. The van der Waals surface area contributed by atoms with Gasteiger partial charge >= 0.3 is 11.9 Å². The van der Waals surface area contributed by atoms with E-state index in [0.29, 0.717) is 27.6 Å². The summed E-state index contributed by atoms with van der Waals surface area (Å²) in [5, 5.41) is 11.6. The topological polar surface area (TPSA) is 106 Å². The van der Waals surface area contributed by atoms with Gasteiger partial charge in [-0.25, -0.2) is 9.78 Å². The maximum Gasteiger partial charge on any atom is 0.350 e. The fraction of sp³-hybridized carbons (Fsp3) is 0.167. The van der Waals surface area contributed by atoms with Crippen LogP contribution in [-0.2, 0) is 14.3 Å². The highest BCUT2D eigenvalue weighted by Crippen LogP contribution is 2.44. The number of aryl methyl sites for hydroxylation is 1. The molecule has 8 nitrogen and oxygen atoms in total. The van der Waals surface area contributed by atoms with E-state index >= 15 is 0 Å². The molecule has 4 rings (SSSR count). The summed E-state index contributed by atoms with van der Waals surface area (Å²) >= 11 is 7.13. The van der Waals surface area contributed by atoms with Crippen LogP contribution in [0.5, 0.6) is 5.75 Å². The highest BCUT2D eigenvalue weighted by Gasteiger charge is 2.48. The predicted molar refractivity (Wildman–Crippen MR) is 127 cm³/mol. The van der Waals surface area contributed by atoms with E-state index in [1.807, 2.05) is 0 Å². The van der Waals surface area contributed by atoms with Crippen LogP contribution in [0.4, 0.5) is 5.13 Å². The van der Waals surface area contributed by atoms with Crippen LogP contribution in [0, 0.1) is 6.92 Å². The smallest absolute Gasteiger partial charge is 0.350 e. The molecular formula is C24H19ClN2O6S. The number of ketones is 1. The number of ether oxygens (including phenoxy) is 2. The Bertz CT molecular complexity index is 1330. The molecule has 1 amide bonds. The van der Waals surface area contributed by atoms with Crippen molar-refractivity contribution >= 4 is 51.5 Å². The number of carbonyl (C=O) groups is 3. The van der Waals surface area contributed by atoms with Crippen molar-refractivity contribution in [3.63, 3.8) is 0 Å². The Hall–Kier alpha value is -3.69. The lowest BCUT2D eigenvalue weighted by Gasteiger charge is -2.23. The standard InChI is InChI=1S/C24H19ClN2O6S/c1-12-21(23(31)33-3)34-24(26-12)27-18(14-5-4-6-15(25)11-14)17(20(29)22(27)30)19(28)13-7-9-16(32-2)10-8-13/h4-11,18,28H,1-3H3/t18-/m0/s1. The van der Waals surface area contributed by atoms with E-state index in [0.717, 1.165) is 11.3 Å². The van der Waals surface area contributed by atoms with E-state index in [2.05, 4.69) is 4.98 Å². The first kappa shape index (κ1) is 23.5. The Morgan fingerprint density at radius 3 is 2.47 bits per heavy atom. The maximum atomic E-state index is 13.2. The van der Waals surface area contributed by atoms with Gasteiger partial charge in [0.05, 0.1) is 31.5 Å². The first-order valence-corrected chi connectivity index (χ1v) is 11.2. The number of rotatable bonds is 5. The van der Waals surface area contributed by atoms with E-state index in [4.69, 9.17) is 21.1 Å². The molecule has 0 saturated carbocycles. The van der Waals surface area contributed by atoms with Gasteiger partial charge in [-0.2, -0.15) is 0 Å². The molecule has 34 heavy (non-hydrogen) atoms. The van der Waals surface area contributed by atoms with Crippen LogP contribution in [0.1, 0.15) is 32.5 Å². The molecule has 174 valence electrons. The van der Waals surface area contributed by atoms with Crippen molar-refractivity contribution in [2.24, 2.45) is 0 Å². The van der Waals surface area contributed by atoms with Gasteiger partial charge in [0.15, 0.2) is 5.13 Å². The molecule has 2 heterocycles. The number of nitrogens with zero attached hydrogens (tertiary/aromatic N) is 2. The Morgan fingerprint density at radius 1 is 1.15 bits per heavy atom. The number of aliphatic hydroxyl groups is 1. The fourth-order valence-electron chi connectivity index (χ4n) is 3.69. The van der Waals surface area contributed by atoms with Gasteiger partial charge in [-0.3, -0.25) is 14.5 Å². The number of esters is 1. The minimum atomic E-state index is -1.02. The summed E-state index contributed by atoms with van der Waals surface area (Å²) in [6, 6.07) is 12.0. The zero-order chi connectivity index (χ0) is 24.6. The number of aromatic nitrogens is 1. The number of Topliss-reactive ketones (excluding diaryl/α,β-unsaturated/α-hetero) is 1. The normalized spacial score (nSPS) is 17.2. The van der Waals surface area contributed by atoms with E-state index in [-0.39, 0.29) is 21.3 Å². The second kappa shape index (κ2) is 9.28. The van der Waals surface area contributed by atoms with Gasteiger partial charge in [0, 0.05) is 10.6 Å². The molecular weight excluding hydrogens is 480 g/mol. The van der Waals surface area contributed by atoms with E-state index < -0.39 is 23.7 Å². The largest absolute Gasteiger partial charge is 0.507 e. The number of halogens is 1. The summed E-state index contributed by atoms with van der Waals surface area (Å²) in [6.45, 7) is 1.61. The van der Waals surface area contributed by atoms with Gasteiger partial charge < -0.3 is 14.6 Å². The summed E-state index contributed by atoms with van der Waals surface area (Å²) in [6.07, 6.45) is 0. The fourth-order valence-corrected chi connectivity index (χ4v) is 4.90. The number of carbonyl (C=O) groups excluding carboxylic acids is 3. The number of hydrogen-bond donors (Lipinski definition) is 1. The van der Waals surface area contributed by atoms with Crippen molar-refractivity contribution in [1.82, 2.24) is 4.98 Å². The highest BCUT2D eigenvalue weighted by atomic mass is 35.5. The molecule has 10 heteroatoms. The summed E-state index contributed by atoms with van der Waals surface area (Å²) in [5.74, 6) is -2.15. The van der Waals surface area contributed by atoms with Gasteiger partial charge in [0.25, 0.3) is 5.78 Å². The first-order valence-electron chi connectivity index (χ1n) is 10.0. The lowest BCUT2D eigenvalue weighted by Crippen LogP contribution is -2.29. The second-order valence-corrected chi connectivity index (χ2v) is 8.77. The van der Waals surface area contributed by atoms with Crippen LogP contribution in [0.15, 0.2) is 54.1 Å². The zero-order valence-corrected chi connectivity index (χ0v) is 19.9. The number of aliphatic hydroxyl groups excluding tert-OH is 1. The SMILES string of the molecule is COC(=O)c1sc(N2C(=O)C(=O)C(=C(O)c3ccc(OC)cc3)[C@@H]2c2cccc(Cl)c2)nc1C. The number of anilines is 1. The summed E-state index contributed by atoms with van der Waals surface area (Å²) in [5.41, 5.74) is 1.06. The molecule has 0 spiro atoms. The number of amides is 1. The van der Waals surface area contributed by atoms with Crippen LogP contribution >= 0.6 is 22.9 Å². The van der Waals surface area contributed by atoms with Gasteiger partial charge in [0.1, 0.15) is 16.4 Å². The number of thiazole rings is 1. The molecule has 1 atom stereocenters. The van der Waals surface area contributed by atoms with Crippen molar-refractivity contribution in [2.45, 2.75) is 13.0 Å². The molecule has 0 radical (unpaired) electrons. The zero-order valence-electron chi connectivity index (χ0n) is 18.4. The molecule has 1 N–H and O–H groups in total. The molecule has 1 aliphatic heterocycles. The molecule has 1 saturated heterocycles. The van der Waals surface area contributed by atoms with Crippen LogP contribution in [0.2, 0.25) is 5.02 Å². The summed E-state index contributed by atoms with van der Waals surface area (Å²) < 4.78 is 9.94. The van der Waals surface area contributed by atoms with Gasteiger partial charge in [-0.1, -0.05) is 35.1 Å². The molecule has 1 fully saturated rings. The molecule has 0 aliphatic carbocycles. The first-order chi connectivity index (χ1) is 16.3. The van der Waals surface area contributed by atoms with Crippen LogP contribution in [0.3, 0.4) is 0 Å². The summed E-state index contributed by atoms with van der Waals surface area (Å²) in [4.78, 5) is 44.3. The van der Waals surface area contributed by atoms with Crippen LogP contribution in [-0.4, -0.2) is 42.0 Å². The third kappa shape index (κ3) is 4.04. The van der Waals surface area contributed by atoms with Crippen LogP contribution in [0.25, 0.3) is 5.76 Å². The third-order valence-electron chi connectivity index (χ3n) is 5.33. The number of hydrogen-bond acceptors (Lipinski definition) is 8. The second-order valence-electron chi connectivity index (χ2n) is 7.36. The Balaban J connectivity index is 1.92. The lowest BCUT2D eigenvalue weighted by atomic mass is 9.95. The van der Waals surface area contributed by atoms with E-state index in [1.54, 1.807) is 55.5 Å². The van der Waals surface area contributed by atoms with Crippen molar-refractivity contribution in [2.75, 3.05) is 19.1 Å². The number of methoxy groups -OCH3 is 2. The minimum Gasteiger partial charge on any atom is -0.507 e. The molecule has 0 bridgehead atoms. The minimum absolute atomic E-state index is 0.120. The maximum absolute atomic E-state index is 13.2. The molecule has 1 aliphatic rings. The number of benzene rings is 2. The van der Waals surface area contributed by atoms with Crippen molar-refractivity contribution in [3.8, 4) is 5.75 Å². The van der Waals surface area contributed by atoms with Crippen LogP contribution < -0.4 is 9.64 Å². The van der Waals surface area contributed by atoms with Crippen molar-refractivity contribution in [1.29, 1.82) is 0 Å². The van der Waals surface area contributed by atoms with Gasteiger partial charge in [-0.05, 0) is 48.9 Å². The summed E-state index contributed by atoms with van der Waals surface area (Å²) in [7, 11) is 2.76. The Labute approximate surface area is 204 Å². The van der Waals surface area contributed by atoms with E-state index in [1.165, 1.54) is 19.1 Å². The highest BCUT2D eigenvalue weighted by molar-refractivity contribution is 7.17.